The third kappa shape index (κ3) is 4.29. The maximum absolute atomic E-state index is 12.7. The third-order valence-corrected chi connectivity index (χ3v) is 4.36. The van der Waals surface area contributed by atoms with Gasteiger partial charge < -0.3 is 5.11 Å². The molecule has 0 atom stereocenters. The van der Waals surface area contributed by atoms with E-state index in [9.17, 15) is 22.8 Å². The van der Waals surface area contributed by atoms with Crippen LogP contribution in [0.3, 0.4) is 0 Å². The average Bonchev–Trinajstić information content (AvgIpc) is 3.09. The summed E-state index contributed by atoms with van der Waals surface area (Å²) in [6, 6.07) is 9.93. The fraction of sp³-hybridized carbons (Fsp3) is 0.0588. The van der Waals surface area contributed by atoms with E-state index in [0.717, 1.165) is 29.5 Å². The molecule has 27 heavy (non-hydrogen) atoms. The normalized spacial score (nSPS) is 11.2. The minimum absolute atomic E-state index is 0.106. The highest BCUT2D eigenvalue weighted by Gasteiger charge is 2.31. The lowest BCUT2D eigenvalue weighted by Crippen LogP contribution is -2.13. The number of halogens is 3. The number of nitrogens with zero attached hydrogens (tertiary/aromatic N) is 2. The van der Waals surface area contributed by atoms with Gasteiger partial charge in [0.2, 0.25) is 5.13 Å². The summed E-state index contributed by atoms with van der Waals surface area (Å²) in [4.78, 5) is 23.0. The van der Waals surface area contributed by atoms with Gasteiger partial charge in [0.1, 0.15) is 5.01 Å². The lowest BCUT2D eigenvalue weighted by atomic mass is 10.1. The number of carbonyl (C=O) groups is 2. The molecule has 0 spiro atoms. The predicted molar refractivity (Wildman–Crippen MR) is 91.7 cm³/mol. The van der Waals surface area contributed by atoms with Crippen molar-refractivity contribution in [3.8, 4) is 10.6 Å². The zero-order valence-corrected chi connectivity index (χ0v) is 14.1. The fourth-order valence-corrected chi connectivity index (χ4v) is 2.90. The number of hydrogen-bond donors (Lipinski definition) is 2. The Labute approximate surface area is 154 Å². The standard InChI is InChI=1S/C17H10F3N3O3S/c18-17(19,20)12-3-1-2-11(8-12)13(24)21-16-23-22-14(27-16)9-4-6-10(7-5-9)15(25)26/h1-8H,(H,25,26)(H,21,23,24). The van der Waals surface area contributed by atoms with E-state index in [1.54, 1.807) is 12.1 Å². The maximum atomic E-state index is 12.7. The first-order chi connectivity index (χ1) is 12.7. The molecule has 1 amide bonds. The number of rotatable bonds is 4. The number of anilines is 1. The molecule has 1 aromatic heterocycles. The molecular formula is C17H10F3N3O3S. The summed E-state index contributed by atoms with van der Waals surface area (Å²) in [6.45, 7) is 0. The average molecular weight is 393 g/mol. The lowest BCUT2D eigenvalue weighted by Gasteiger charge is -2.08. The van der Waals surface area contributed by atoms with Crippen LogP contribution in [0.25, 0.3) is 10.6 Å². The Hall–Kier alpha value is -3.27. The highest BCUT2D eigenvalue weighted by atomic mass is 32.1. The van der Waals surface area contributed by atoms with Crippen LogP contribution in [0.15, 0.2) is 48.5 Å². The molecule has 138 valence electrons. The van der Waals surface area contributed by atoms with E-state index in [4.69, 9.17) is 5.11 Å². The molecule has 0 unspecified atom stereocenters. The molecule has 0 aliphatic heterocycles. The highest BCUT2D eigenvalue weighted by molar-refractivity contribution is 7.18. The van der Waals surface area contributed by atoms with Gasteiger partial charge in [-0.25, -0.2) is 4.79 Å². The van der Waals surface area contributed by atoms with Crippen LogP contribution in [0.1, 0.15) is 26.3 Å². The molecule has 2 aromatic carbocycles. The van der Waals surface area contributed by atoms with Gasteiger partial charge in [0, 0.05) is 11.1 Å². The van der Waals surface area contributed by atoms with Crippen LogP contribution in [0.5, 0.6) is 0 Å². The van der Waals surface area contributed by atoms with Crippen LogP contribution in [0.2, 0.25) is 0 Å². The van der Waals surface area contributed by atoms with Crippen LogP contribution in [-0.4, -0.2) is 27.2 Å². The molecule has 0 aliphatic rings. The molecule has 10 heteroatoms. The van der Waals surface area contributed by atoms with Crippen LogP contribution in [0.4, 0.5) is 18.3 Å². The van der Waals surface area contributed by atoms with E-state index < -0.39 is 23.6 Å². The quantitative estimate of drug-likeness (QED) is 0.694. The number of benzene rings is 2. The smallest absolute Gasteiger partial charge is 0.416 e. The van der Waals surface area contributed by atoms with Crippen molar-refractivity contribution in [3.63, 3.8) is 0 Å². The first kappa shape index (κ1) is 18.5. The number of aromatic nitrogens is 2. The summed E-state index contributed by atoms with van der Waals surface area (Å²) in [6.07, 6.45) is -4.55. The molecule has 1 heterocycles. The van der Waals surface area contributed by atoms with Crippen molar-refractivity contribution in [1.29, 1.82) is 0 Å². The minimum Gasteiger partial charge on any atom is -0.478 e. The van der Waals surface area contributed by atoms with Crippen molar-refractivity contribution in [2.45, 2.75) is 6.18 Å². The Bertz CT molecular complexity index is 1000. The highest BCUT2D eigenvalue weighted by Crippen LogP contribution is 2.30. The van der Waals surface area contributed by atoms with Crippen molar-refractivity contribution in [1.82, 2.24) is 10.2 Å². The first-order valence-electron chi connectivity index (χ1n) is 7.40. The van der Waals surface area contributed by atoms with Crippen molar-refractivity contribution >= 4 is 28.3 Å². The monoisotopic (exact) mass is 393 g/mol. The van der Waals surface area contributed by atoms with Crippen LogP contribution in [-0.2, 0) is 6.18 Å². The lowest BCUT2D eigenvalue weighted by molar-refractivity contribution is -0.137. The molecule has 3 rings (SSSR count). The summed E-state index contributed by atoms with van der Waals surface area (Å²) < 4.78 is 38.2. The van der Waals surface area contributed by atoms with Crippen molar-refractivity contribution in [3.05, 3.63) is 65.2 Å². The van der Waals surface area contributed by atoms with E-state index in [1.807, 2.05) is 0 Å². The largest absolute Gasteiger partial charge is 0.478 e. The van der Waals surface area contributed by atoms with Crippen LogP contribution >= 0.6 is 11.3 Å². The van der Waals surface area contributed by atoms with Gasteiger partial charge in [-0.05, 0) is 30.3 Å². The number of carboxylic acid groups (broad SMARTS) is 1. The van der Waals surface area contributed by atoms with Gasteiger partial charge in [-0.2, -0.15) is 13.2 Å². The molecule has 2 N–H and O–H groups in total. The number of amides is 1. The molecular weight excluding hydrogens is 383 g/mol. The second-order valence-electron chi connectivity index (χ2n) is 5.33. The first-order valence-corrected chi connectivity index (χ1v) is 8.21. The Kier molecular flexibility index (Phi) is 4.91. The topological polar surface area (TPSA) is 92.2 Å². The summed E-state index contributed by atoms with van der Waals surface area (Å²) in [7, 11) is 0. The zero-order valence-electron chi connectivity index (χ0n) is 13.3. The predicted octanol–water partition coefficient (Wildman–Crippen LogP) is 4.17. The Morgan fingerprint density at radius 1 is 1.00 bits per heavy atom. The molecule has 0 radical (unpaired) electrons. The number of carbonyl (C=O) groups excluding carboxylic acids is 1. The van der Waals surface area contributed by atoms with Gasteiger partial charge >= 0.3 is 12.1 Å². The van der Waals surface area contributed by atoms with Gasteiger partial charge in [0.15, 0.2) is 0 Å². The zero-order chi connectivity index (χ0) is 19.6. The SMILES string of the molecule is O=C(O)c1ccc(-c2nnc(NC(=O)c3cccc(C(F)(F)F)c3)s2)cc1. The van der Waals surface area contributed by atoms with Crippen LogP contribution in [0, 0.1) is 0 Å². The van der Waals surface area contributed by atoms with E-state index in [-0.39, 0.29) is 16.3 Å². The molecule has 0 aliphatic carbocycles. The van der Waals surface area contributed by atoms with Gasteiger partial charge in [0.25, 0.3) is 5.91 Å². The summed E-state index contributed by atoms with van der Waals surface area (Å²) >= 11 is 1.01. The van der Waals surface area contributed by atoms with Crippen LogP contribution < -0.4 is 5.32 Å². The van der Waals surface area contributed by atoms with Gasteiger partial charge in [-0.3, -0.25) is 10.1 Å². The molecule has 0 bridgehead atoms. The fourth-order valence-electron chi connectivity index (χ4n) is 2.15. The van der Waals surface area contributed by atoms with Crippen molar-refractivity contribution < 1.29 is 27.9 Å². The number of hydrogen-bond acceptors (Lipinski definition) is 5. The summed E-state index contributed by atoms with van der Waals surface area (Å²) in [5.74, 6) is -1.81. The summed E-state index contributed by atoms with van der Waals surface area (Å²) in [5.41, 5.74) is -0.377. The minimum atomic E-state index is -4.55. The molecule has 0 saturated heterocycles. The van der Waals surface area contributed by atoms with E-state index in [0.29, 0.717) is 10.6 Å². The number of nitrogens with one attached hydrogen (secondary N) is 1. The molecule has 0 saturated carbocycles. The maximum Gasteiger partial charge on any atom is 0.416 e. The second kappa shape index (κ2) is 7.16. The molecule has 6 nitrogen and oxygen atoms in total. The Morgan fingerprint density at radius 3 is 2.33 bits per heavy atom. The van der Waals surface area contributed by atoms with Crippen molar-refractivity contribution in [2.75, 3.05) is 5.32 Å². The number of aromatic carboxylic acids is 1. The second-order valence-corrected chi connectivity index (χ2v) is 6.31. The van der Waals surface area contributed by atoms with Gasteiger partial charge in [-0.1, -0.05) is 29.5 Å². The number of carboxylic acids is 1. The number of alkyl halides is 3. The van der Waals surface area contributed by atoms with E-state index in [1.165, 1.54) is 18.2 Å². The molecule has 3 aromatic rings. The summed E-state index contributed by atoms with van der Waals surface area (Å²) in [5, 5.41) is 19.5. The third-order valence-electron chi connectivity index (χ3n) is 3.48. The molecule has 0 fully saturated rings. The Balaban J connectivity index is 1.76. The Morgan fingerprint density at radius 2 is 1.70 bits per heavy atom. The van der Waals surface area contributed by atoms with Gasteiger partial charge in [-0.15, -0.1) is 10.2 Å². The van der Waals surface area contributed by atoms with E-state index >= 15 is 0 Å². The van der Waals surface area contributed by atoms with Crippen molar-refractivity contribution in [2.24, 2.45) is 0 Å². The van der Waals surface area contributed by atoms with E-state index in [2.05, 4.69) is 15.5 Å². The van der Waals surface area contributed by atoms with Gasteiger partial charge in [0.05, 0.1) is 11.1 Å².